The van der Waals surface area contributed by atoms with Crippen LogP contribution in [0, 0.1) is 12.7 Å². The van der Waals surface area contributed by atoms with E-state index in [0.29, 0.717) is 12.1 Å². The Morgan fingerprint density at radius 2 is 2.26 bits per heavy atom. The van der Waals surface area contributed by atoms with Crippen LogP contribution in [-0.2, 0) is 13.1 Å². The van der Waals surface area contributed by atoms with Gasteiger partial charge in [-0.15, -0.1) is 11.3 Å². The van der Waals surface area contributed by atoms with Crippen LogP contribution in [0.3, 0.4) is 0 Å². The molecule has 2 N–H and O–H groups in total. The minimum Gasteiger partial charge on any atom is -0.478 e. The van der Waals surface area contributed by atoms with Gasteiger partial charge in [0.2, 0.25) is 0 Å². The number of nitrogens with zero attached hydrogens (tertiary/aromatic N) is 1. The molecule has 19 heavy (non-hydrogen) atoms. The summed E-state index contributed by atoms with van der Waals surface area (Å²) < 4.78 is 13.5. The molecule has 2 aromatic rings. The van der Waals surface area contributed by atoms with Crippen molar-refractivity contribution in [3.05, 3.63) is 51.2 Å². The minimum absolute atomic E-state index is 0.0858. The maximum absolute atomic E-state index is 13.5. The highest BCUT2D eigenvalue weighted by Crippen LogP contribution is 2.12. The molecule has 0 saturated carbocycles. The molecule has 0 aliphatic carbocycles. The second-order valence-electron chi connectivity index (χ2n) is 4.07. The van der Waals surface area contributed by atoms with E-state index < -0.39 is 11.8 Å². The predicted molar refractivity (Wildman–Crippen MR) is 70.8 cm³/mol. The number of benzene rings is 1. The number of carboxylic acids is 1. The maximum atomic E-state index is 13.5. The van der Waals surface area contributed by atoms with Crippen molar-refractivity contribution in [2.75, 3.05) is 0 Å². The largest absolute Gasteiger partial charge is 0.478 e. The van der Waals surface area contributed by atoms with Crippen molar-refractivity contribution in [3.8, 4) is 0 Å². The van der Waals surface area contributed by atoms with Gasteiger partial charge in [0.05, 0.1) is 16.3 Å². The number of hydrogen-bond acceptors (Lipinski definition) is 4. The summed E-state index contributed by atoms with van der Waals surface area (Å²) in [4.78, 5) is 15.1. The summed E-state index contributed by atoms with van der Waals surface area (Å²) in [6, 6.07) is 3.77. The molecule has 0 bridgehead atoms. The van der Waals surface area contributed by atoms with Crippen LogP contribution >= 0.6 is 11.3 Å². The van der Waals surface area contributed by atoms with Crippen LogP contribution in [0.1, 0.15) is 26.6 Å². The Morgan fingerprint density at radius 1 is 1.47 bits per heavy atom. The molecular weight excluding hydrogens is 267 g/mol. The zero-order valence-corrected chi connectivity index (χ0v) is 11.1. The standard InChI is InChI=1S/C13H13FN2O2S/c1-8-16-11(7-19-8)6-15-5-10-4-9(13(17)18)2-3-12(10)14/h2-4,7,15H,5-6H2,1H3,(H,17,18). The number of halogens is 1. The van der Waals surface area contributed by atoms with Crippen molar-refractivity contribution < 1.29 is 14.3 Å². The van der Waals surface area contributed by atoms with Gasteiger partial charge in [0.15, 0.2) is 0 Å². The monoisotopic (exact) mass is 280 g/mol. The normalized spacial score (nSPS) is 10.6. The number of carboxylic acid groups (broad SMARTS) is 1. The number of aromatic nitrogens is 1. The topological polar surface area (TPSA) is 62.2 Å². The number of thiazole rings is 1. The van der Waals surface area contributed by atoms with Gasteiger partial charge in [0, 0.05) is 24.0 Å². The molecule has 0 fully saturated rings. The average molecular weight is 280 g/mol. The van der Waals surface area contributed by atoms with Gasteiger partial charge in [0.25, 0.3) is 0 Å². The van der Waals surface area contributed by atoms with Crippen LogP contribution in [0.5, 0.6) is 0 Å². The number of nitrogens with one attached hydrogen (secondary N) is 1. The van der Waals surface area contributed by atoms with Crippen LogP contribution in [0.2, 0.25) is 0 Å². The first kappa shape index (κ1) is 13.6. The number of aromatic carboxylic acids is 1. The van der Waals surface area contributed by atoms with E-state index in [1.54, 1.807) is 11.3 Å². The lowest BCUT2D eigenvalue weighted by molar-refractivity contribution is 0.0696. The lowest BCUT2D eigenvalue weighted by atomic mass is 10.1. The number of hydrogen-bond donors (Lipinski definition) is 2. The van der Waals surface area contributed by atoms with Gasteiger partial charge in [-0.2, -0.15) is 0 Å². The van der Waals surface area contributed by atoms with E-state index in [4.69, 9.17) is 5.11 Å². The van der Waals surface area contributed by atoms with E-state index in [2.05, 4.69) is 10.3 Å². The maximum Gasteiger partial charge on any atom is 0.335 e. The molecule has 0 amide bonds. The van der Waals surface area contributed by atoms with Crippen molar-refractivity contribution >= 4 is 17.3 Å². The van der Waals surface area contributed by atoms with Crippen LogP contribution in [0.4, 0.5) is 4.39 Å². The first-order valence-electron chi connectivity index (χ1n) is 5.69. The quantitative estimate of drug-likeness (QED) is 0.883. The molecule has 0 atom stereocenters. The number of rotatable bonds is 5. The molecule has 0 aliphatic rings. The van der Waals surface area contributed by atoms with Gasteiger partial charge in [-0.1, -0.05) is 0 Å². The summed E-state index contributed by atoms with van der Waals surface area (Å²) in [5.74, 6) is -1.47. The molecule has 4 nitrogen and oxygen atoms in total. The second kappa shape index (κ2) is 5.90. The molecule has 2 rings (SSSR count). The van der Waals surface area contributed by atoms with E-state index in [9.17, 15) is 9.18 Å². The Balaban J connectivity index is 1.99. The summed E-state index contributed by atoms with van der Waals surface area (Å²) in [6.45, 7) is 2.72. The summed E-state index contributed by atoms with van der Waals surface area (Å²) in [5, 5.41) is 14.8. The highest BCUT2D eigenvalue weighted by atomic mass is 32.1. The molecule has 6 heteroatoms. The lowest BCUT2D eigenvalue weighted by Gasteiger charge is -2.06. The first-order valence-corrected chi connectivity index (χ1v) is 6.57. The smallest absolute Gasteiger partial charge is 0.335 e. The van der Waals surface area contributed by atoms with Gasteiger partial charge in [-0.25, -0.2) is 14.2 Å². The van der Waals surface area contributed by atoms with E-state index in [1.807, 2.05) is 12.3 Å². The van der Waals surface area contributed by atoms with Gasteiger partial charge in [0.1, 0.15) is 5.82 Å². The summed E-state index contributed by atoms with van der Waals surface area (Å²) >= 11 is 1.56. The highest BCUT2D eigenvalue weighted by Gasteiger charge is 2.08. The summed E-state index contributed by atoms with van der Waals surface area (Å²) in [6.07, 6.45) is 0. The Kier molecular flexibility index (Phi) is 4.24. The van der Waals surface area contributed by atoms with Crippen molar-refractivity contribution in [3.63, 3.8) is 0 Å². The van der Waals surface area contributed by atoms with Gasteiger partial charge < -0.3 is 10.4 Å². The third-order valence-corrected chi connectivity index (χ3v) is 3.40. The molecular formula is C13H13FN2O2S. The highest BCUT2D eigenvalue weighted by molar-refractivity contribution is 7.09. The van der Waals surface area contributed by atoms with Crippen LogP contribution in [-0.4, -0.2) is 16.1 Å². The number of carbonyl (C=O) groups is 1. The number of aryl methyl sites for hydroxylation is 1. The van der Waals surface area contributed by atoms with E-state index in [1.165, 1.54) is 18.2 Å². The van der Waals surface area contributed by atoms with Gasteiger partial charge in [-0.3, -0.25) is 0 Å². The summed E-state index contributed by atoms with van der Waals surface area (Å²) in [7, 11) is 0. The third kappa shape index (κ3) is 3.59. The van der Waals surface area contributed by atoms with E-state index in [-0.39, 0.29) is 12.1 Å². The molecule has 1 aromatic heterocycles. The molecule has 0 unspecified atom stereocenters. The van der Waals surface area contributed by atoms with Crippen molar-refractivity contribution in [1.82, 2.24) is 10.3 Å². The van der Waals surface area contributed by atoms with Crippen molar-refractivity contribution in [2.24, 2.45) is 0 Å². The zero-order valence-electron chi connectivity index (χ0n) is 10.3. The third-order valence-electron chi connectivity index (χ3n) is 2.58. The molecule has 0 saturated heterocycles. The molecule has 1 aromatic carbocycles. The van der Waals surface area contributed by atoms with E-state index >= 15 is 0 Å². The molecule has 0 aliphatic heterocycles. The van der Waals surface area contributed by atoms with Crippen molar-refractivity contribution in [1.29, 1.82) is 0 Å². The van der Waals surface area contributed by atoms with Crippen LogP contribution in [0.25, 0.3) is 0 Å². The Bertz CT molecular complexity index is 598. The Morgan fingerprint density at radius 3 is 2.89 bits per heavy atom. The first-order chi connectivity index (χ1) is 9.06. The summed E-state index contributed by atoms with van der Waals surface area (Å²) in [5.41, 5.74) is 1.33. The Hall–Kier alpha value is -1.79. The minimum atomic E-state index is -1.06. The fraction of sp³-hybridized carbons (Fsp3) is 0.231. The predicted octanol–water partition coefficient (Wildman–Crippen LogP) is 2.58. The second-order valence-corrected chi connectivity index (χ2v) is 5.13. The molecule has 100 valence electrons. The van der Waals surface area contributed by atoms with E-state index in [0.717, 1.165) is 10.7 Å². The fourth-order valence-electron chi connectivity index (χ4n) is 1.66. The zero-order chi connectivity index (χ0) is 13.8. The molecule has 1 heterocycles. The van der Waals surface area contributed by atoms with Crippen molar-refractivity contribution in [2.45, 2.75) is 20.0 Å². The van der Waals surface area contributed by atoms with Gasteiger partial charge in [-0.05, 0) is 25.1 Å². The molecule has 0 spiro atoms. The van der Waals surface area contributed by atoms with Crippen LogP contribution in [0.15, 0.2) is 23.6 Å². The fourth-order valence-corrected chi connectivity index (χ4v) is 2.27. The Labute approximate surface area is 113 Å². The average Bonchev–Trinajstić information content (AvgIpc) is 2.77. The van der Waals surface area contributed by atoms with Crippen LogP contribution < -0.4 is 5.32 Å². The lowest BCUT2D eigenvalue weighted by Crippen LogP contribution is -2.14. The van der Waals surface area contributed by atoms with Gasteiger partial charge >= 0.3 is 5.97 Å². The SMILES string of the molecule is Cc1nc(CNCc2cc(C(=O)O)ccc2F)cs1. The molecule has 0 radical (unpaired) electrons.